The molecule has 0 fully saturated rings. The van der Waals surface area contributed by atoms with Gasteiger partial charge in [-0.1, -0.05) is 18.1 Å². The van der Waals surface area contributed by atoms with E-state index in [2.05, 4.69) is 35.4 Å². The van der Waals surface area contributed by atoms with Crippen LogP contribution in [0.2, 0.25) is 0 Å². The SMILES string of the molecule is CCc1noc(C[C@@H](C)Nc2cc(C)nc3c(-c4ccc(OC)cc4C)c(C)nn23)n1. The summed E-state index contributed by atoms with van der Waals surface area (Å²) in [5.74, 6) is 3.07. The Morgan fingerprint density at radius 3 is 2.65 bits per heavy atom. The molecule has 1 atom stereocenters. The van der Waals surface area contributed by atoms with Crippen LogP contribution in [-0.2, 0) is 12.8 Å². The number of aromatic nitrogens is 5. The van der Waals surface area contributed by atoms with Crippen molar-refractivity contribution in [1.82, 2.24) is 24.7 Å². The number of aryl methyl sites for hydroxylation is 4. The lowest BCUT2D eigenvalue weighted by Crippen LogP contribution is -2.20. The molecule has 4 aromatic rings. The van der Waals surface area contributed by atoms with Gasteiger partial charge in [0.15, 0.2) is 11.5 Å². The third kappa shape index (κ3) is 4.10. The van der Waals surface area contributed by atoms with Gasteiger partial charge < -0.3 is 14.6 Å². The molecule has 162 valence electrons. The summed E-state index contributed by atoms with van der Waals surface area (Å²) < 4.78 is 12.6. The van der Waals surface area contributed by atoms with E-state index in [1.54, 1.807) is 7.11 Å². The van der Waals surface area contributed by atoms with Crippen molar-refractivity contribution in [3.63, 3.8) is 0 Å². The van der Waals surface area contributed by atoms with Crippen LogP contribution in [0.5, 0.6) is 5.75 Å². The van der Waals surface area contributed by atoms with Gasteiger partial charge in [-0.25, -0.2) is 4.98 Å². The molecule has 3 aromatic heterocycles. The quantitative estimate of drug-likeness (QED) is 0.476. The smallest absolute Gasteiger partial charge is 0.228 e. The van der Waals surface area contributed by atoms with Crippen LogP contribution in [-0.4, -0.2) is 37.9 Å². The predicted octanol–water partition coefficient (Wildman–Crippen LogP) is 4.32. The highest BCUT2D eigenvalue weighted by atomic mass is 16.5. The Balaban J connectivity index is 1.70. The van der Waals surface area contributed by atoms with E-state index < -0.39 is 0 Å². The minimum absolute atomic E-state index is 0.0748. The molecule has 0 spiro atoms. The number of rotatable bonds is 7. The predicted molar refractivity (Wildman–Crippen MR) is 120 cm³/mol. The van der Waals surface area contributed by atoms with E-state index in [0.29, 0.717) is 12.3 Å². The minimum Gasteiger partial charge on any atom is -0.497 e. The molecule has 8 heteroatoms. The molecule has 8 nitrogen and oxygen atoms in total. The zero-order chi connectivity index (χ0) is 22.1. The van der Waals surface area contributed by atoms with Crippen molar-refractivity contribution in [2.75, 3.05) is 12.4 Å². The maximum atomic E-state index is 5.36. The van der Waals surface area contributed by atoms with Crippen molar-refractivity contribution >= 4 is 11.5 Å². The van der Waals surface area contributed by atoms with Crippen LogP contribution in [0.25, 0.3) is 16.8 Å². The van der Waals surface area contributed by atoms with Gasteiger partial charge in [-0.15, -0.1) is 0 Å². The van der Waals surface area contributed by atoms with Crippen LogP contribution in [0, 0.1) is 20.8 Å². The van der Waals surface area contributed by atoms with Crippen LogP contribution in [0.3, 0.4) is 0 Å². The topological polar surface area (TPSA) is 90.4 Å². The number of hydrogen-bond donors (Lipinski definition) is 1. The zero-order valence-electron chi connectivity index (χ0n) is 18.9. The van der Waals surface area contributed by atoms with E-state index in [0.717, 1.165) is 57.5 Å². The van der Waals surface area contributed by atoms with Crippen LogP contribution >= 0.6 is 0 Å². The van der Waals surface area contributed by atoms with E-state index >= 15 is 0 Å². The summed E-state index contributed by atoms with van der Waals surface area (Å²) in [7, 11) is 1.68. The molecule has 0 amide bonds. The van der Waals surface area contributed by atoms with Crippen molar-refractivity contribution in [2.24, 2.45) is 0 Å². The largest absolute Gasteiger partial charge is 0.497 e. The molecule has 1 aromatic carbocycles. The van der Waals surface area contributed by atoms with Gasteiger partial charge >= 0.3 is 0 Å². The molecule has 0 bridgehead atoms. The third-order valence-electron chi connectivity index (χ3n) is 5.30. The number of nitrogens with zero attached hydrogens (tertiary/aromatic N) is 5. The van der Waals surface area contributed by atoms with Gasteiger partial charge in [0.25, 0.3) is 0 Å². The average Bonchev–Trinajstić information content (AvgIpc) is 3.31. The average molecular weight is 421 g/mol. The standard InChI is InChI=1S/C23H28N6O2/c1-7-19-26-21(31-28-19)12-15(4)24-20-11-14(3)25-23-22(16(5)27-29(20)23)18-9-8-17(30-6)10-13(18)2/h8-11,15,24H,7,12H2,1-6H3/t15-/m1/s1. The molecular formula is C23H28N6O2. The normalized spacial score (nSPS) is 12.3. The Labute approximate surface area is 181 Å². The van der Waals surface area contributed by atoms with Gasteiger partial charge in [0.05, 0.1) is 12.8 Å². The molecule has 1 N–H and O–H groups in total. The number of hydrogen-bond acceptors (Lipinski definition) is 7. The van der Waals surface area contributed by atoms with E-state index in [4.69, 9.17) is 19.3 Å². The minimum atomic E-state index is 0.0748. The molecule has 0 saturated carbocycles. The third-order valence-corrected chi connectivity index (χ3v) is 5.30. The Bertz CT molecular complexity index is 1230. The van der Waals surface area contributed by atoms with Gasteiger partial charge in [-0.2, -0.15) is 14.6 Å². The molecule has 0 unspecified atom stereocenters. The Hall–Kier alpha value is -3.42. The fourth-order valence-electron chi connectivity index (χ4n) is 3.79. The molecule has 0 saturated heterocycles. The zero-order valence-corrected chi connectivity index (χ0v) is 18.9. The Morgan fingerprint density at radius 2 is 1.97 bits per heavy atom. The summed E-state index contributed by atoms with van der Waals surface area (Å²) in [6.45, 7) is 10.2. The number of methoxy groups -OCH3 is 1. The van der Waals surface area contributed by atoms with Crippen LogP contribution in [0.15, 0.2) is 28.8 Å². The number of fused-ring (bicyclic) bond motifs is 1. The molecular weight excluding hydrogens is 392 g/mol. The van der Waals surface area contributed by atoms with E-state index in [1.165, 1.54) is 0 Å². The number of nitrogens with one attached hydrogen (secondary N) is 1. The van der Waals surface area contributed by atoms with Gasteiger partial charge in [0.2, 0.25) is 5.89 Å². The number of anilines is 1. The lowest BCUT2D eigenvalue weighted by Gasteiger charge is -2.15. The molecule has 0 aliphatic heterocycles. The second-order valence-electron chi connectivity index (χ2n) is 7.87. The first-order valence-electron chi connectivity index (χ1n) is 10.5. The fourth-order valence-corrected chi connectivity index (χ4v) is 3.79. The van der Waals surface area contributed by atoms with E-state index in [1.807, 2.05) is 43.5 Å². The first kappa shape index (κ1) is 20.8. The summed E-state index contributed by atoms with van der Waals surface area (Å²) in [5.41, 5.74) is 5.91. The summed E-state index contributed by atoms with van der Waals surface area (Å²) in [6, 6.07) is 8.15. The second kappa shape index (κ2) is 8.37. The Morgan fingerprint density at radius 1 is 1.16 bits per heavy atom. The van der Waals surface area contributed by atoms with Crippen molar-refractivity contribution in [3.05, 3.63) is 52.9 Å². The second-order valence-corrected chi connectivity index (χ2v) is 7.87. The van der Waals surface area contributed by atoms with Crippen molar-refractivity contribution in [1.29, 1.82) is 0 Å². The van der Waals surface area contributed by atoms with Crippen molar-refractivity contribution in [2.45, 2.75) is 53.5 Å². The Kier molecular flexibility index (Phi) is 5.63. The molecule has 0 aliphatic carbocycles. The molecule has 31 heavy (non-hydrogen) atoms. The maximum absolute atomic E-state index is 5.36. The number of ether oxygens (including phenoxy) is 1. The van der Waals surface area contributed by atoms with Gasteiger partial charge in [-0.05, 0) is 51.0 Å². The molecule has 0 radical (unpaired) electrons. The lowest BCUT2D eigenvalue weighted by molar-refractivity contribution is 0.369. The van der Waals surface area contributed by atoms with Gasteiger partial charge in [0.1, 0.15) is 11.6 Å². The van der Waals surface area contributed by atoms with Crippen molar-refractivity contribution in [3.8, 4) is 16.9 Å². The van der Waals surface area contributed by atoms with Gasteiger partial charge in [-0.3, -0.25) is 0 Å². The van der Waals surface area contributed by atoms with E-state index in [9.17, 15) is 0 Å². The maximum Gasteiger partial charge on any atom is 0.228 e. The summed E-state index contributed by atoms with van der Waals surface area (Å²) in [5, 5.41) is 12.3. The summed E-state index contributed by atoms with van der Waals surface area (Å²) in [6.07, 6.45) is 1.39. The molecule has 4 rings (SSSR count). The first-order chi connectivity index (χ1) is 14.9. The lowest BCUT2D eigenvalue weighted by atomic mass is 10.0. The van der Waals surface area contributed by atoms with Crippen LogP contribution in [0.4, 0.5) is 5.82 Å². The highest BCUT2D eigenvalue weighted by Crippen LogP contribution is 2.33. The summed E-state index contributed by atoms with van der Waals surface area (Å²) in [4.78, 5) is 9.22. The highest BCUT2D eigenvalue weighted by Gasteiger charge is 2.19. The van der Waals surface area contributed by atoms with Crippen LogP contribution < -0.4 is 10.1 Å². The molecule has 0 aliphatic rings. The number of benzene rings is 1. The van der Waals surface area contributed by atoms with Crippen molar-refractivity contribution < 1.29 is 9.26 Å². The molecule has 3 heterocycles. The van der Waals surface area contributed by atoms with E-state index in [-0.39, 0.29) is 6.04 Å². The monoisotopic (exact) mass is 420 g/mol. The fraction of sp³-hybridized carbons (Fsp3) is 0.391. The first-order valence-corrected chi connectivity index (χ1v) is 10.5. The van der Waals surface area contributed by atoms with Crippen LogP contribution in [0.1, 0.15) is 42.5 Å². The highest BCUT2D eigenvalue weighted by molar-refractivity contribution is 5.83. The summed E-state index contributed by atoms with van der Waals surface area (Å²) >= 11 is 0. The van der Waals surface area contributed by atoms with Gasteiger partial charge in [0, 0.05) is 36.2 Å².